The van der Waals surface area contributed by atoms with E-state index in [-0.39, 0.29) is 5.41 Å². The summed E-state index contributed by atoms with van der Waals surface area (Å²) < 4.78 is 0. The van der Waals surface area contributed by atoms with Gasteiger partial charge in [-0.05, 0) is 26.3 Å². The summed E-state index contributed by atoms with van der Waals surface area (Å²) in [5.74, 6) is 0. The van der Waals surface area contributed by atoms with Crippen molar-refractivity contribution in [2.24, 2.45) is 10.5 Å². The highest BCUT2D eigenvalue weighted by Gasteiger charge is 2.35. The van der Waals surface area contributed by atoms with Crippen LogP contribution in [-0.4, -0.2) is 24.3 Å². The van der Waals surface area contributed by atoms with Crippen LogP contribution in [0.3, 0.4) is 0 Å². The highest BCUT2D eigenvalue weighted by atomic mass is 15.7. The number of fused-ring (bicyclic) bond motifs is 1. The zero-order valence-electron chi connectivity index (χ0n) is 9.26. The lowest BCUT2D eigenvalue weighted by Gasteiger charge is -2.39. The van der Waals surface area contributed by atoms with Crippen LogP contribution in [0.5, 0.6) is 0 Å². The van der Waals surface area contributed by atoms with E-state index in [1.54, 1.807) is 0 Å². The lowest BCUT2D eigenvalue weighted by atomic mass is 9.76. The molecule has 0 aromatic heterocycles. The number of rotatable bonds is 0. The van der Waals surface area contributed by atoms with Crippen molar-refractivity contribution < 1.29 is 0 Å². The van der Waals surface area contributed by atoms with Crippen LogP contribution in [0, 0.1) is 5.41 Å². The minimum Gasteiger partial charge on any atom is -0.240 e. The average molecular weight is 191 g/mol. The number of hydrogen-bond acceptors (Lipinski definition) is 3. The van der Waals surface area contributed by atoms with Gasteiger partial charge in [0, 0.05) is 19.0 Å². The predicted molar refractivity (Wildman–Crippen MR) is 58.8 cm³/mol. The average Bonchev–Trinajstić information content (AvgIpc) is 1.99. The van der Waals surface area contributed by atoms with E-state index in [0.29, 0.717) is 0 Å². The highest BCUT2D eigenvalue weighted by Crippen LogP contribution is 2.33. The number of nitrogens with one attached hydrogen (secondary N) is 1. The van der Waals surface area contributed by atoms with Crippen LogP contribution in [-0.2, 0) is 0 Å². The third-order valence-corrected chi connectivity index (χ3v) is 2.80. The monoisotopic (exact) mass is 191 g/mol. The van der Waals surface area contributed by atoms with Gasteiger partial charge in [0.15, 0.2) is 0 Å². The Morgan fingerprint density at radius 1 is 1.50 bits per heavy atom. The quantitative estimate of drug-likeness (QED) is 0.631. The van der Waals surface area contributed by atoms with Crippen LogP contribution >= 0.6 is 0 Å². The summed E-state index contributed by atoms with van der Waals surface area (Å²) in [6, 6.07) is 0. The SMILES string of the molecule is CC1=CC2(C)CN(C)NN=C2C(C)=C1. The van der Waals surface area contributed by atoms with Crippen molar-refractivity contribution in [2.75, 3.05) is 13.6 Å². The van der Waals surface area contributed by atoms with E-state index in [2.05, 4.69) is 43.6 Å². The fraction of sp³-hybridized carbons (Fsp3) is 0.545. The maximum absolute atomic E-state index is 4.40. The number of hydrazone groups is 1. The fourth-order valence-electron chi connectivity index (χ4n) is 2.47. The zero-order valence-corrected chi connectivity index (χ0v) is 9.26. The maximum atomic E-state index is 4.40. The van der Waals surface area contributed by atoms with Gasteiger partial charge in [0.2, 0.25) is 0 Å². The Morgan fingerprint density at radius 2 is 2.21 bits per heavy atom. The summed E-state index contributed by atoms with van der Waals surface area (Å²) in [6.45, 7) is 7.48. The topological polar surface area (TPSA) is 27.6 Å². The standard InChI is InChI=1S/C11H17N3/c1-8-5-9(2)10-11(3,6-8)7-14(4)13-12-10/h5-6,13H,7H2,1-4H3. The lowest BCUT2D eigenvalue weighted by Crippen LogP contribution is -2.49. The molecule has 3 heteroatoms. The van der Waals surface area contributed by atoms with Crippen LogP contribution in [0.15, 0.2) is 28.4 Å². The summed E-state index contributed by atoms with van der Waals surface area (Å²) in [7, 11) is 2.02. The number of hydrogen-bond donors (Lipinski definition) is 1. The number of hydrazine groups is 1. The molecule has 14 heavy (non-hydrogen) atoms. The molecule has 0 radical (unpaired) electrons. The molecule has 0 aromatic rings. The minimum absolute atomic E-state index is 0.0723. The molecule has 0 spiro atoms. The van der Waals surface area contributed by atoms with E-state index >= 15 is 0 Å². The van der Waals surface area contributed by atoms with Crippen LogP contribution < -0.4 is 5.53 Å². The van der Waals surface area contributed by atoms with E-state index in [1.165, 1.54) is 16.9 Å². The van der Waals surface area contributed by atoms with Crippen LogP contribution in [0.4, 0.5) is 0 Å². The largest absolute Gasteiger partial charge is 0.240 e. The van der Waals surface area contributed by atoms with E-state index in [0.717, 1.165) is 6.54 Å². The molecule has 0 amide bonds. The Balaban J connectivity index is 2.47. The molecule has 0 bridgehead atoms. The second-order valence-corrected chi connectivity index (χ2v) is 4.55. The normalized spacial score (nSPS) is 32.4. The third-order valence-electron chi connectivity index (χ3n) is 2.80. The Kier molecular flexibility index (Phi) is 2.00. The first-order valence-electron chi connectivity index (χ1n) is 4.94. The van der Waals surface area contributed by atoms with Crippen LogP contribution in [0.2, 0.25) is 0 Å². The van der Waals surface area contributed by atoms with Gasteiger partial charge in [0.1, 0.15) is 0 Å². The molecule has 1 unspecified atom stereocenters. The van der Waals surface area contributed by atoms with Crippen molar-refractivity contribution in [3.05, 3.63) is 23.3 Å². The summed E-state index contributed by atoms with van der Waals surface area (Å²) in [5.41, 5.74) is 6.85. The van der Waals surface area contributed by atoms with Gasteiger partial charge in [0.05, 0.1) is 5.71 Å². The lowest BCUT2D eigenvalue weighted by molar-refractivity contribution is 0.184. The van der Waals surface area contributed by atoms with Gasteiger partial charge < -0.3 is 0 Å². The zero-order chi connectivity index (χ0) is 10.3. The fourth-order valence-corrected chi connectivity index (χ4v) is 2.47. The molecule has 0 fully saturated rings. The maximum Gasteiger partial charge on any atom is 0.0758 e. The molecule has 2 aliphatic rings. The molecule has 1 aliphatic carbocycles. The van der Waals surface area contributed by atoms with Crippen molar-refractivity contribution in [2.45, 2.75) is 20.8 Å². The van der Waals surface area contributed by atoms with Gasteiger partial charge in [-0.2, -0.15) is 5.10 Å². The first kappa shape index (κ1) is 9.46. The summed E-state index contributed by atoms with van der Waals surface area (Å²) in [5, 5.41) is 6.42. The molecule has 3 nitrogen and oxygen atoms in total. The minimum atomic E-state index is 0.0723. The Morgan fingerprint density at radius 3 is 2.93 bits per heavy atom. The molecule has 0 saturated heterocycles. The molecule has 0 saturated carbocycles. The van der Waals surface area contributed by atoms with Gasteiger partial charge in [-0.15, -0.1) is 0 Å². The molecular weight excluding hydrogens is 174 g/mol. The summed E-state index contributed by atoms with van der Waals surface area (Å²) in [6.07, 6.45) is 4.49. The molecule has 0 aromatic carbocycles. The van der Waals surface area contributed by atoms with Crippen molar-refractivity contribution in [1.82, 2.24) is 10.5 Å². The Bertz CT molecular complexity index is 352. The van der Waals surface area contributed by atoms with Gasteiger partial charge in [-0.3, -0.25) is 0 Å². The second kappa shape index (κ2) is 2.95. The first-order chi connectivity index (χ1) is 6.51. The van der Waals surface area contributed by atoms with Crippen molar-refractivity contribution in [1.29, 1.82) is 0 Å². The molecule has 1 aliphatic heterocycles. The van der Waals surface area contributed by atoms with Crippen molar-refractivity contribution in [3.63, 3.8) is 0 Å². The van der Waals surface area contributed by atoms with Crippen LogP contribution in [0.25, 0.3) is 0 Å². The van der Waals surface area contributed by atoms with E-state index in [9.17, 15) is 0 Å². The molecule has 1 N–H and O–H groups in total. The predicted octanol–water partition coefficient (Wildman–Crippen LogP) is 1.70. The molecule has 1 atom stereocenters. The van der Waals surface area contributed by atoms with E-state index in [4.69, 9.17) is 0 Å². The number of nitrogens with zero attached hydrogens (tertiary/aromatic N) is 2. The van der Waals surface area contributed by atoms with Crippen LogP contribution in [0.1, 0.15) is 20.8 Å². The number of allylic oxidation sites excluding steroid dienone is 3. The van der Waals surface area contributed by atoms with Gasteiger partial charge in [-0.1, -0.05) is 17.7 Å². The van der Waals surface area contributed by atoms with E-state index in [1.807, 2.05) is 12.1 Å². The van der Waals surface area contributed by atoms with Gasteiger partial charge in [-0.25, -0.2) is 10.5 Å². The Hall–Kier alpha value is -1.09. The Labute approximate surface area is 85.1 Å². The second-order valence-electron chi connectivity index (χ2n) is 4.55. The molecular formula is C11H17N3. The smallest absolute Gasteiger partial charge is 0.0758 e. The molecule has 2 rings (SSSR count). The van der Waals surface area contributed by atoms with Gasteiger partial charge in [0.25, 0.3) is 0 Å². The first-order valence-corrected chi connectivity index (χ1v) is 4.94. The third kappa shape index (κ3) is 1.38. The summed E-state index contributed by atoms with van der Waals surface area (Å²) in [4.78, 5) is 0. The van der Waals surface area contributed by atoms with Gasteiger partial charge >= 0.3 is 0 Å². The van der Waals surface area contributed by atoms with Crippen molar-refractivity contribution >= 4 is 5.71 Å². The highest BCUT2D eigenvalue weighted by molar-refractivity contribution is 6.06. The van der Waals surface area contributed by atoms with E-state index < -0.39 is 0 Å². The molecule has 1 heterocycles. The van der Waals surface area contributed by atoms with Crippen molar-refractivity contribution in [3.8, 4) is 0 Å². The molecule has 76 valence electrons. The summed E-state index contributed by atoms with van der Waals surface area (Å²) >= 11 is 0.